The maximum atomic E-state index is 12.8. The topological polar surface area (TPSA) is 134 Å². The minimum atomic E-state index is -3.98. The smallest absolute Gasteiger partial charge is 0.550 e. The van der Waals surface area contributed by atoms with Crippen LogP contribution in [0.25, 0.3) is 0 Å². The van der Waals surface area contributed by atoms with Crippen LogP contribution in [-0.2, 0) is 19.6 Å². The van der Waals surface area contributed by atoms with E-state index in [4.69, 9.17) is 9.47 Å². The summed E-state index contributed by atoms with van der Waals surface area (Å²) in [5.74, 6) is -2.85. The van der Waals surface area contributed by atoms with Crippen LogP contribution in [0.15, 0.2) is 59.5 Å². The van der Waals surface area contributed by atoms with Gasteiger partial charge in [0, 0.05) is 17.6 Å². The molecule has 0 fully saturated rings. The maximum absolute atomic E-state index is 12.8. The van der Waals surface area contributed by atoms with E-state index < -0.39 is 33.7 Å². The summed E-state index contributed by atoms with van der Waals surface area (Å²) < 4.78 is 38.4. The number of nitrogens with one attached hydrogen (secondary N) is 2. The van der Waals surface area contributed by atoms with Gasteiger partial charge in [-0.25, -0.2) is 8.42 Å². The zero-order valence-electron chi connectivity index (χ0n) is 18.5. The molecule has 0 heterocycles. The maximum Gasteiger partial charge on any atom is 1.00 e. The second-order valence-electron chi connectivity index (χ2n) is 7.16. The predicted octanol–water partition coefficient (Wildman–Crippen LogP) is -1.22. The molecule has 0 saturated carbocycles. The van der Waals surface area contributed by atoms with Crippen molar-refractivity contribution in [2.75, 3.05) is 24.3 Å². The first-order chi connectivity index (χ1) is 15.2. The number of allylic oxidation sites excluding steroid dienone is 2. The number of amides is 1. The van der Waals surface area contributed by atoms with Crippen molar-refractivity contribution in [3.8, 4) is 11.5 Å². The van der Waals surface area contributed by atoms with Gasteiger partial charge in [-0.1, -0.05) is 12.2 Å². The van der Waals surface area contributed by atoms with Gasteiger partial charge in [0.25, 0.3) is 10.0 Å². The summed E-state index contributed by atoms with van der Waals surface area (Å²) in [5, 5.41) is 14.0. The zero-order valence-corrected chi connectivity index (χ0v) is 21.3. The van der Waals surface area contributed by atoms with E-state index in [0.29, 0.717) is 11.4 Å². The van der Waals surface area contributed by atoms with Crippen LogP contribution in [0.4, 0.5) is 11.4 Å². The Morgan fingerprint density at radius 2 is 1.61 bits per heavy atom. The summed E-state index contributed by atoms with van der Waals surface area (Å²) in [6.07, 6.45) is 3.87. The molecule has 11 heteroatoms. The zero-order chi connectivity index (χ0) is 23.3. The Balaban J connectivity index is 0.00000385. The molecule has 0 radical (unpaired) electrons. The Kier molecular flexibility index (Phi) is 9.35. The van der Waals surface area contributed by atoms with Crippen LogP contribution in [0.3, 0.4) is 0 Å². The first kappa shape index (κ1) is 26.7. The van der Waals surface area contributed by atoms with Gasteiger partial charge >= 0.3 is 29.6 Å². The van der Waals surface area contributed by atoms with Crippen molar-refractivity contribution >= 4 is 33.3 Å². The fourth-order valence-corrected chi connectivity index (χ4v) is 4.50. The quantitative estimate of drug-likeness (QED) is 0.356. The molecule has 2 aromatic carbocycles. The van der Waals surface area contributed by atoms with E-state index in [2.05, 4.69) is 10.0 Å². The van der Waals surface area contributed by atoms with Crippen LogP contribution in [0.5, 0.6) is 11.5 Å². The van der Waals surface area contributed by atoms with Gasteiger partial charge in [-0.2, -0.15) is 0 Å². The fraction of sp³-hybridized carbons (Fsp3) is 0.273. The first-order valence-corrected chi connectivity index (χ1v) is 11.2. The van der Waals surface area contributed by atoms with Crippen LogP contribution in [0, 0.1) is 11.8 Å². The van der Waals surface area contributed by atoms with Gasteiger partial charge in [-0.15, -0.1) is 0 Å². The summed E-state index contributed by atoms with van der Waals surface area (Å²) in [6.45, 7) is 0. The van der Waals surface area contributed by atoms with Crippen molar-refractivity contribution in [1.82, 2.24) is 0 Å². The first-order valence-electron chi connectivity index (χ1n) is 9.77. The second kappa shape index (κ2) is 11.6. The average Bonchev–Trinajstić information content (AvgIpc) is 2.79. The Morgan fingerprint density at radius 1 is 0.970 bits per heavy atom. The number of benzene rings is 2. The Labute approximate surface area is 214 Å². The Bertz CT molecular complexity index is 1130. The van der Waals surface area contributed by atoms with Crippen molar-refractivity contribution in [1.29, 1.82) is 0 Å². The van der Waals surface area contributed by atoms with Gasteiger partial charge < -0.3 is 24.7 Å². The number of rotatable bonds is 8. The van der Waals surface area contributed by atoms with Gasteiger partial charge in [0.1, 0.15) is 11.5 Å². The molecule has 170 valence electrons. The molecule has 0 bridgehead atoms. The largest absolute Gasteiger partial charge is 1.00 e. The molecular weight excluding hydrogens is 459 g/mol. The van der Waals surface area contributed by atoms with Gasteiger partial charge in [0.2, 0.25) is 5.91 Å². The van der Waals surface area contributed by atoms with Crippen molar-refractivity contribution in [2.45, 2.75) is 17.7 Å². The number of aliphatic carboxylic acids is 1. The summed E-state index contributed by atoms with van der Waals surface area (Å²) in [6, 6.07) is 10.4. The van der Waals surface area contributed by atoms with Crippen molar-refractivity contribution in [2.24, 2.45) is 11.8 Å². The predicted molar refractivity (Wildman–Crippen MR) is 116 cm³/mol. The minimum absolute atomic E-state index is 0. The third-order valence-electron chi connectivity index (χ3n) is 5.15. The summed E-state index contributed by atoms with van der Waals surface area (Å²) in [5.41, 5.74) is 0.444. The summed E-state index contributed by atoms with van der Waals surface area (Å²) >= 11 is 0. The Morgan fingerprint density at radius 3 is 2.18 bits per heavy atom. The molecule has 2 aromatic rings. The molecule has 33 heavy (non-hydrogen) atoms. The third-order valence-corrected chi connectivity index (χ3v) is 6.53. The molecule has 2 N–H and O–H groups in total. The van der Waals surface area contributed by atoms with E-state index >= 15 is 0 Å². The number of sulfonamides is 1. The standard InChI is InChI=1S/C22H24N2O7S.Na/c1-30-15-9-7-14(8-10-15)24-32(28,29)16-11-12-20(31-2)19(13-16)23-21(25)17-5-3-4-6-18(17)22(26)27;/h3-4,7-13,17-18,24H,5-6H2,1-2H3,(H,23,25)(H,26,27);/q;+1/p-1. The van der Waals surface area contributed by atoms with Crippen LogP contribution in [0.2, 0.25) is 0 Å². The van der Waals surface area contributed by atoms with Gasteiger partial charge in [-0.05, 0) is 55.3 Å². The van der Waals surface area contributed by atoms with Crippen LogP contribution in [0.1, 0.15) is 12.8 Å². The number of carbonyl (C=O) groups excluding carboxylic acids is 2. The molecule has 0 saturated heterocycles. The SMILES string of the molecule is COc1ccc(NS(=O)(=O)c2ccc(OC)c(NC(=O)C3CC=CCC3C(=O)[O-])c2)cc1.[Na+]. The van der Waals surface area contributed by atoms with Gasteiger partial charge in [-0.3, -0.25) is 9.52 Å². The van der Waals surface area contributed by atoms with Crippen LogP contribution in [-0.4, -0.2) is 34.5 Å². The van der Waals surface area contributed by atoms with Crippen molar-refractivity contribution in [3.63, 3.8) is 0 Å². The number of methoxy groups -OCH3 is 2. The number of carboxylic acids is 1. The summed E-state index contributed by atoms with van der Waals surface area (Å²) in [4.78, 5) is 24.1. The van der Waals surface area contributed by atoms with Crippen molar-refractivity contribution < 1.29 is 62.1 Å². The molecule has 0 aromatic heterocycles. The van der Waals surface area contributed by atoms with Crippen LogP contribution < -0.4 is 54.2 Å². The normalized spacial score (nSPS) is 17.4. The van der Waals surface area contributed by atoms with Gasteiger partial charge in [0.15, 0.2) is 0 Å². The molecule has 0 spiro atoms. The van der Waals surface area contributed by atoms with E-state index in [1.54, 1.807) is 36.4 Å². The van der Waals surface area contributed by atoms with E-state index in [1.807, 2.05) is 0 Å². The van der Waals surface area contributed by atoms with Crippen molar-refractivity contribution in [3.05, 3.63) is 54.6 Å². The molecule has 1 aliphatic rings. The van der Waals surface area contributed by atoms with Crippen LogP contribution >= 0.6 is 0 Å². The molecule has 1 amide bonds. The van der Waals surface area contributed by atoms with Gasteiger partial charge in [0.05, 0.1) is 30.7 Å². The second-order valence-corrected chi connectivity index (χ2v) is 8.84. The summed E-state index contributed by atoms with van der Waals surface area (Å²) in [7, 11) is -1.10. The molecule has 3 rings (SSSR count). The number of ether oxygens (including phenoxy) is 2. The average molecular weight is 482 g/mol. The molecule has 9 nitrogen and oxygen atoms in total. The number of hydrogen-bond acceptors (Lipinski definition) is 7. The number of carbonyl (C=O) groups is 2. The molecule has 2 atom stereocenters. The van der Waals surface area contributed by atoms with E-state index in [-0.39, 0.29) is 58.7 Å². The monoisotopic (exact) mass is 482 g/mol. The molecular formula is C22H23N2NaO7S. The number of hydrogen-bond donors (Lipinski definition) is 2. The number of anilines is 2. The molecule has 2 unspecified atom stereocenters. The van der Waals surface area contributed by atoms with E-state index in [0.717, 1.165) is 0 Å². The Hall–Kier alpha value is -2.53. The number of carboxylic acid groups (broad SMARTS) is 1. The molecule has 1 aliphatic carbocycles. The van der Waals surface area contributed by atoms with E-state index in [1.165, 1.54) is 32.4 Å². The van der Waals surface area contributed by atoms with E-state index in [9.17, 15) is 23.1 Å². The minimum Gasteiger partial charge on any atom is -0.550 e. The third kappa shape index (κ3) is 6.50. The molecule has 0 aliphatic heterocycles. The fourth-order valence-electron chi connectivity index (χ4n) is 3.41.